The van der Waals surface area contributed by atoms with Crippen LogP contribution >= 0.6 is 0 Å². The lowest BCUT2D eigenvalue weighted by atomic mass is 9.96. The Labute approximate surface area is 179 Å². The van der Waals surface area contributed by atoms with Crippen LogP contribution in [0.5, 0.6) is 0 Å². The third-order valence-electron chi connectivity index (χ3n) is 6.05. The van der Waals surface area contributed by atoms with Gasteiger partial charge in [-0.2, -0.15) is 10.4 Å². The molecule has 1 aliphatic heterocycles. The average molecular weight is 410 g/mol. The molecule has 5 rings (SSSR count). The van der Waals surface area contributed by atoms with Gasteiger partial charge in [-0.3, -0.25) is 9.89 Å². The lowest BCUT2D eigenvalue weighted by molar-refractivity contribution is 0.0683. The number of H-pyrrole nitrogens is 1. The predicted molar refractivity (Wildman–Crippen MR) is 117 cm³/mol. The van der Waals surface area contributed by atoms with Crippen molar-refractivity contribution in [2.24, 2.45) is 5.92 Å². The summed E-state index contributed by atoms with van der Waals surface area (Å²) >= 11 is 0. The summed E-state index contributed by atoms with van der Waals surface area (Å²) in [5.74, 6) is 0.510. The molecule has 4 aromatic rings. The number of imidazole rings is 1. The Hall–Kier alpha value is -3.92. The van der Waals surface area contributed by atoms with E-state index in [1.54, 1.807) is 24.3 Å². The topological polar surface area (TPSA) is 90.6 Å². The summed E-state index contributed by atoms with van der Waals surface area (Å²) in [5.41, 5.74) is 5.35. The van der Waals surface area contributed by atoms with Crippen LogP contribution in [0.4, 0.5) is 0 Å². The Morgan fingerprint density at radius 3 is 2.81 bits per heavy atom. The normalized spacial score (nSPS) is 14.6. The van der Waals surface area contributed by atoms with Crippen LogP contribution in [0.15, 0.2) is 61.2 Å². The fourth-order valence-electron chi connectivity index (χ4n) is 4.30. The van der Waals surface area contributed by atoms with Crippen LogP contribution in [0.2, 0.25) is 0 Å². The van der Waals surface area contributed by atoms with Crippen molar-refractivity contribution in [2.75, 3.05) is 13.1 Å². The minimum absolute atomic E-state index is 0.00964. The number of nitrogens with one attached hydrogen (secondary N) is 1. The Bertz CT molecular complexity index is 1260. The van der Waals surface area contributed by atoms with Crippen molar-refractivity contribution < 1.29 is 4.79 Å². The number of carbonyl (C=O) groups is 1. The van der Waals surface area contributed by atoms with Crippen molar-refractivity contribution in [1.82, 2.24) is 24.6 Å². The van der Waals surface area contributed by atoms with Crippen LogP contribution in [0.25, 0.3) is 22.2 Å². The van der Waals surface area contributed by atoms with Gasteiger partial charge in [0.15, 0.2) is 0 Å². The van der Waals surface area contributed by atoms with E-state index in [9.17, 15) is 4.79 Å². The van der Waals surface area contributed by atoms with E-state index < -0.39 is 0 Å². The number of benzene rings is 2. The van der Waals surface area contributed by atoms with E-state index in [0.717, 1.165) is 54.6 Å². The van der Waals surface area contributed by atoms with Crippen LogP contribution in [0.3, 0.4) is 0 Å². The molecule has 1 N–H and O–H groups in total. The summed E-state index contributed by atoms with van der Waals surface area (Å²) in [6.07, 6.45) is 7.51. The number of likely N-dealkylation sites (tertiary alicyclic amines) is 1. The van der Waals surface area contributed by atoms with E-state index in [4.69, 9.17) is 5.26 Å². The molecule has 0 bridgehead atoms. The number of nitriles is 1. The fourth-order valence-corrected chi connectivity index (χ4v) is 4.30. The Balaban J connectivity index is 1.24. The number of fused-ring (bicyclic) bond motifs is 1. The summed E-state index contributed by atoms with van der Waals surface area (Å²) in [6, 6.07) is 15.3. The zero-order valence-electron chi connectivity index (χ0n) is 17.0. The first-order valence-electron chi connectivity index (χ1n) is 10.4. The van der Waals surface area contributed by atoms with Gasteiger partial charge in [0.1, 0.15) is 0 Å². The number of piperidine rings is 1. The highest BCUT2D eigenvalue weighted by Crippen LogP contribution is 2.26. The minimum Gasteiger partial charge on any atom is -0.339 e. The molecule has 0 radical (unpaired) electrons. The molecule has 1 fully saturated rings. The number of carbonyl (C=O) groups excluding carboxylic acids is 1. The molecular formula is C24H22N6O. The van der Waals surface area contributed by atoms with Gasteiger partial charge >= 0.3 is 0 Å². The summed E-state index contributed by atoms with van der Waals surface area (Å²) in [5, 5.41) is 15.9. The molecule has 7 heteroatoms. The van der Waals surface area contributed by atoms with E-state index in [1.165, 1.54) is 0 Å². The average Bonchev–Trinajstić information content (AvgIpc) is 3.49. The van der Waals surface area contributed by atoms with Gasteiger partial charge in [0.05, 0.1) is 35.2 Å². The predicted octanol–water partition coefficient (Wildman–Crippen LogP) is 3.85. The van der Waals surface area contributed by atoms with Crippen LogP contribution < -0.4 is 0 Å². The molecule has 2 aromatic carbocycles. The Kier molecular flexibility index (Phi) is 4.97. The second-order valence-electron chi connectivity index (χ2n) is 8.02. The third-order valence-corrected chi connectivity index (χ3v) is 6.05. The van der Waals surface area contributed by atoms with Gasteiger partial charge in [-0.1, -0.05) is 12.1 Å². The molecule has 31 heavy (non-hydrogen) atoms. The number of hydrogen-bond acceptors (Lipinski definition) is 4. The lowest BCUT2D eigenvalue weighted by Gasteiger charge is -2.32. The maximum atomic E-state index is 12.8. The first-order valence-corrected chi connectivity index (χ1v) is 10.4. The summed E-state index contributed by atoms with van der Waals surface area (Å²) in [6.45, 7) is 2.36. The fraction of sp³-hybridized carbons (Fsp3) is 0.250. The summed E-state index contributed by atoms with van der Waals surface area (Å²) in [7, 11) is 0. The zero-order valence-corrected chi connectivity index (χ0v) is 17.0. The monoisotopic (exact) mass is 410 g/mol. The van der Waals surface area contributed by atoms with E-state index in [1.807, 2.05) is 23.6 Å². The molecule has 7 nitrogen and oxygen atoms in total. The number of hydrogen-bond donors (Lipinski definition) is 1. The maximum absolute atomic E-state index is 12.8. The molecule has 0 atom stereocenters. The van der Waals surface area contributed by atoms with E-state index >= 15 is 0 Å². The quantitative estimate of drug-likeness (QED) is 0.553. The number of rotatable bonds is 4. The summed E-state index contributed by atoms with van der Waals surface area (Å²) in [4.78, 5) is 19.3. The molecule has 1 aliphatic rings. The molecule has 154 valence electrons. The SMILES string of the molecule is N#Cc1cccc(C(=O)N2CCC(Cn3cnc4cc(-c5cn[nH]c5)ccc43)CC2)c1. The van der Waals surface area contributed by atoms with E-state index in [0.29, 0.717) is 17.0 Å². The summed E-state index contributed by atoms with van der Waals surface area (Å²) < 4.78 is 2.22. The van der Waals surface area contributed by atoms with Crippen molar-refractivity contribution in [2.45, 2.75) is 19.4 Å². The van der Waals surface area contributed by atoms with Gasteiger partial charge in [-0.15, -0.1) is 0 Å². The van der Waals surface area contributed by atoms with Crippen LogP contribution in [0.1, 0.15) is 28.8 Å². The lowest BCUT2D eigenvalue weighted by Crippen LogP contribution is -2.39. The molecule has 0 spiro atoms. The maximum Gasteiger partial charge on any atom is 0.253 e. The van der Waals surface area contributed by atoms with Crippen LogP contribution in [0, 0.1) is 17.2 Å². The molecular weight excluding hydrogens is 388 g/mol. The zero-order chi connectivity index (χ0) is 21.2. The molecule has 1 saturated heterocycles. The van der Waals surface area contributed by atoms with E-state index in [-0.39, 0.29) is 5.91 Å². The van der Waals surface area contributed by atoms with Gasteiger partial charge in [0.2, 0.25) is 0 Å². The van der Waals surface area contributed by atoms with Crippen LogP contribution in [-0.2, 0) is 6.54 Å². The van der Waals surface area contributed by atoms with Crippen LogP contribution in [-0.4, -0.2) is 43.6 Å². The van der Waals surface area contributed by atoms with Crippen molar-refractivity contribution in [3.63, 3.8) is 0 Å². The number of nitrogens with zero attached hydrogens (tertiary/aromatic N) is 5. The highest BCUT2D eigenvalue weighted by Gasteiger charge is 2.24. The molecule has 3 heterocycles. The highest BCUT2D eigenvalue weighted by molar-refractivity contribution is 5.94. The number of aromatic amines is 1. The highest BCUT2D eigenvalue weighted by atomic mass is 16.2. The van der Waals surface area contributed by atoms with Crippen molar-refractivity contribution in [3.8, 4) is 17.2 Å². The van der Waals surface area contributed by atoms with E-state index in [2.05, 4.69) is 44.0 Å². The first kappa shape index (κ1) is 19.1. The standard InChI is InChI=1S/C24H22N6O/c25-12-18-2-1-3-20(10-18)24(31)29-8-6-17(7-9-29)15-30-16-26-22-11-19(4-5-23(22)30)21-13-27-28-14-21/h1-5,10-11,13-14,16-17H,6-9,15H2,(H,27,28). The van der Waals surface area contributed by atoms with Gasteiger partial charge in [-0.05, 0) is 54.7 Å². The van der Waals surface area contributed by atoms with Crippen molar-refractivity contribution in [3.05, 3.63) is 72.3 Å². The van der Waals surface area contributed by atoms with Gasteiger partial charge in [0, 0.05) is 37.0 Å². The van der Waals surface area contributed by atoms with Gasteiger partial charge < -0.3 is 9.47 Å². The smallest absolute Gasteiger partial charge is 0.253 e. The molecule has 0 saturated carbocycles. The largest absolute Gasteiger partial charge is 0.339 e. The van der Waals surface area contributed by atoms with Gasteiger partial charge in [-0.25, -0.2) is 4.98 Å². The molecule has 1 amide bonds. The number of aromatic nitrogens is 4. The minimum atomic E-state index is 0.00964. The van der Waals surface area contributed by atoms with Crippen molar-refractivity contribution >= 4 is 16.9 Å². The Morgan fingerprint density at radius 2 is 2.03 bits per heavy atom. The second kappa shape index (κ2) is 8.07. The van der Waals surface area contributed by atoms with Crippen molar-refractivity contribution in [1.29, 1.82) is 5.26 Å². The first-order chi connectivity index (χ1) is 15.2. The number of amides is 1. The third kappa shape index (κ3) is 3.80. The molecule has 2 aromatic heterocycles. The second-order valence-corrected chi connectivity index (χ2v) is 8.02. The molecule has 0 aliphatic carbocycles. The molecule has 0 unspecified atom stereocenters. The van der Waals surface area contributed by atoms with Gasteiger partial charge in [0.25, 0.3) is 5.91 Å². The Morgan fingerprint density at radius 1 is 1.16 bits per heavy atom.